The topological polar surface area (TPSA) is 48.2 Å². The largest absolute Gasteiger partial charge is 0.484 e. The second-order valence-corrected chi connectivity index (χ2v) is 4.02. The van der Waals surface area contributed by atoms with Crippen molar-refractivity contribution in [3.63, 3.8) is 0 Å². The number of hydrogen-bond donors (Lipinski definition) is 0. The first kappa shape index (κ1) is 11.1. The van der Waals surface area contributed by atoms with Gasteiger partial charge < -0.3 is 9.15 Å². The zero-order valence-corrected chi connectivity index (χ0v) is 9.99. The van der Waals surface area contributed by atoms with Crippen molar-refractivity contribution in [1.29, 1.82) is 0 Å². The summed E-state index contributed by atoms with van der Waals surface area (Å²) in [6.07, 6.45) is 0. The van der Waals surface area contributed by atoms with E-state index >= 15 is 0 Å². The van der Waals surface area contributed by atoms with Crippen LogP contribution in [0.4, 0.5) is 4.39 Å². The summed E-state index contributed by atoms with van der Waals surface area (Å²) in [7, 11) is 0. The summed E-state index contributed by atoms with van der Waals surface area (Å²) >= 11 is 3.17. The Morgan fingerprint density at radius 3 is 2.81 bits per heavy atom. The molecule has 0 N–H and O–H groups in total. The lowest BCUT2D eigenvalue weighted by atomic mass is 10.3. The molecule has 1 heterocycles. The van der Waals surface area contributed by atoms with Crippen molar-refractivity contribution in [1.82, 2.24) is 10.2 Å². The molecule has 0 atom stereocenters. The molecule has 0 bridgehead atoms. The zero-order valence-electron chi connectivity index (χ0n) is 8.41. The summed E-state index contributed by atoms with van der Waals surface area (Å²) in [5.41, 5.74) is 0. The minimum absolute atomic E-state index is 0.122. The summed E-state index contributed by atoms with van der Waals surface area (Å²) in [5, 5.41) is 7.41. The van der Waals surface area contributed by atoms with Gasteiger partial charge in [-0.15, -0.1) is 10.2 Å². The molecule has 0 aliphatic heterocycles. The standard InChI is InChI=1S/C10H8BrFN2O2/c1-6-13-14-10(16-6)5-15-9-3-7(11)2-8(12)4-9/h2-4H,5H2,1H3. The third kappa shape index (κ3) is 2.79. The van der Waals surface area contributed by atoms with Crippen molar-refractivity contribution in [3.8, 4) is 5.75 Å². The molecule has 1 aromatic carbocycles. The molecule has 1 aromatic heterocycles. The predicted molar refractivity (Wildman–Crippen MR) is 57.5 cm³/mol. The average Bonchev–Trinajstić information content (AvgIpc) is 2.60. The van der Waals surface area contributed by atoms with Crippen molar-refractivity contribution < 1.29 is 13.5 Å². The van der Waals surface area contributed by atoms with E-state index in [0.29, 0.717) is 22.0 Å². The van der Waals surface area contributed by atoms with E-state index < -0.39 is 0 Å². The smallest absolute Gasteiger partial charge is 0.253 e. The van der Waals surface area contributed by atoms with Gasteiger partial charge >= 0.3 is 0 Å². The molecule has 2 rings (SSSR count). The van der Waals surface area contributed by atoms with Gasteiger partial charge in [0.2, 0.25) is 5.89 Å². The monoisotopic (exact) mass is 286 g/mol. The van der Waals surface area contributed by atoms with Gasteiger partial charge in [0.15, 0.2) is 6.61 Å². The Bertz CT molecular complexity index is 481. The number of halogens is 2. The fraction of sp³-hybridized carbons (Fsp3) is 0.200. The molecule has 0 fully saturated rings. The van der Waals surface area contributed by atoms with E-state index in [9.17, 15) is 4.39 Å². The molecule has 6 heteroatoms. The Morgan fingerprint density at radius 1 is 1.38 bits per heavy atom. The van der Waals surface area contributed by atoms with Crippen LogP contribution in [0.2, 0.25) is 0 Å². The zero-order chi connectivity index (χ0) is 11.5. The van der Waals surface area contributed by atoms with Gasteiger partial charge in [-0.2, -0.15) is 0 Å². The molecule has 0 aliphatic carbocycles. The molecule has 0 amide bonds. The summed E-state index contributed by atoms with van der Waals surface area (Å²) in [6.45, 7) is 1.81. The van der Waals surface area contributed by atoms with Crippen LogP contribution in [0.15, 0.2) is 27.1 Å². The van der Waals surface area contributed by atoms with Crippen LogP contribution in [0.25, 0.3) is 0 Å². The quantitative estimate of drug-likeness (QED) is 0.871. The molecule has 4 nitrogen and oxygen atoms in total. The molecule has 0 unspecified atom stereocenters. The van der Waals surface area contributed by atoms with E-state index in [4.69, 9.17) is 9.15 Å². The van der Waals surface area contributed by atoms with Gasteiger partial charge in [0.25, 0.3) is 5.89 Å². The third-order valence-corrected chi connectivity index (χ3v) is 2.22. The Labute approximate surface area is 99.6 Å². The molecular weight excluding hydrogens is 279 g/mol. The van der Waals surface area contributed by atoms with Gasteiger partial charge in [-0.05, 0) is 12.1 Å². The first-order valence-electron chi connectivity index (χ1n) is 4.51. The summed E-state index contributed by atoms with van der Waals surface area (Å²) < 4.78 is 24.0. The normalized spacial score (nSPS) is 10.4. The number of ether oxygens (including phenoxy) is 1. The van der Waals surface area contributed by atoms with Crippen molar-refractivity contribution in [2.75, 3.05) is 0 Å². The predicted octanol–water partition coefficient (Wildman–Crippen LogP) is 2.86. The molecule has 16 heavy (non-hydrogen) atoms. The van der Waals surface area contributed by atoms with Crippen LogP contribution in [-0.2, 0) is 6.61 Å². The van der Waals surface area contributed by atoms with Crippen LogP contribution in [0.1, 0.15) is 11.8 Å². The highest BCUT2D eigenvalue weighted by molar-refractivity contribution is 9.10. The molecule has 0 radical (unpaired) electrons. The molecule has 0 saturated heterocycles. The second kappa shape index (κ2) is 4.61. The summed E-state index contributed by atoms with van der Waals surface area (Å²) in [5.74, 6) is 0.866. The van der Waals surface area contributed by atoms with Gasteiger partial charge in [-0.3, -0.25) is 0 Å². The highest BCUT2D eigenvalue weighted by atomic mass is 79.9. The van der Waals surface area contributed by atoms with E-state index in [0.717, 1.165) is 0 Å². The van der Waals surface area contributed by atoms with Gasteiger partial charge in [-0.1, -0.05) is 15.9 Å². The third-order valence-electron chi connectivity index (χ3n) is 1.77. The first-order chi connectivity index (χ1) is 7.63. The SMILES string of the molecule is Cc1nnc(COc2cc(F)cc(Br)c2)o1. The molecular formula is C10H8BrFN2O2. The Kier molecular flexibility index (Phi) is 3.19. The summed E-state index contributed by atoms with van der Waals surface area (Å²) in [4.78, 5) is 0. The van der Waals surface area contributed by atoms with Gasteiger partial charge in [0.1, 0.15) is 11.6 Å². The summed E-state index contributed by atoms with van der Waals surface area (Å²) in [6, 6.07) is 4.30. The minimum Gasteiger partial charge on any atom is -0.484 e. The lowest BCUT2D eigenvalue weighted by Crippen LogP contribution is -1.96. The number of aromatic nitrogens is 2. The Balaban J connectivity index is 2.04. The number of nitrogens with zero attached hydrogens (tertiary/aromatic N) is 2. The van der Waals surface area contributed by atoms with Crippen LogP contribution in [0.3, 0.4) is 0 Å². The van der Waals surface area contributed by atoms with E-state index in [1.54, 1.807) is 13.0 Å². The maximum absolute atomic E-state index is 13.0. The lowest BCUT2D eigenvalue weighted by molar-refractivity contribution is 0.259. The highest BCUT2D eigenvalue weighted by Crippen LogP contribution is 2.21. The molecule has 0 spiro atoms. The van der Waals surface area contributed by atoms with E-state index in [1.807, 2.05) is 0 Å². The average molecular weight is 287 g/mol. The van der Waals surface area contributed by atoms with E-state index in [1.165, 1.54) is 12.1 Å². The van der Waals surface area contributed by atoms with Crippen molar-refractivity contribution in [3.05, 3.63) is 40.3 Å². The maximum Gasteiger partial charge on any atom is 0.253 e. The van der Waals surface area contributed by atoms with Crippen molar-refractivity contribution >= 4 is 15.9 Å². The fourth-order valence-corrected chi connectivity index (χ4v) is 1.60. The van der Waals surface area contributed by atoms with E-state index in [2.05, 4.69) is 26.1 Å². The van der Waals surface area contributed by atoms with Gasteiger partial charge in [0.05, 0.1) is 0 Å². The number of hydrogen-bond acceptors (Lipinski definition) is 4. The van der Waals surface area contributed by atoms with Crippen LogP contribution in [0.5, 0.6) is 5.75 Å². The number of benzene rings is 1. The number of aryl methyl sites for hydroxylation is 1. The molecule has 2 aromatic rings. The Morgan fingerprint density at radius 2 is 2.19 bits per heavy atom. The van der Waals surface area contributed by atoms with Crippen LogP contribution in [-0.4, -0.2) is 10.2 Å². The number of rotatable bonds is 3. The first-order valence-corrected chi connectivity index (χ1v) is 5.30. The maximum atomic E-state index is 13.0. The van der Waals surface area contributed by atoms with Crippen LogP contribution < -0.4 is 4.74 Å². The van der Waals surface area contributed by atoms with Gasteiger partial charge in [-0.25, -0.2) is 4.39 Å². The second-order valence-electron chi connectivity index (χ2n) is 3.11. The Hall–Kier alpha value is -1.43. The lowest BCUT2D eigenvalue weighted by Gasteiger charge is -2.03. The van der Waals surface area contributed by atoms with Crippen molar-refractivity contribution in [2.45, 2.75) is 13.5 Å². The molecule has 0 saturated carbocycles. The van der Waals surface area contributed by atoms with Crippen LogP contribution >= 0.6 is 15.9 Å². The van der Waals surface area contributed by atoms with Crippen molar-refractivity contribution in [2.24, 2.45) is 0 Å². The fourth-order valence-electron chi connectivity index (χ4n) is 1.15. The highest BCUT2D eigenvalue weighted by Gasteiger charge is 2.04. The molecule has 0 aliphatic rings. The molecule has 84 valence electrons. The minimum atomic E-state index is -0.369. The van der Waals surface area contributed by atoms with Gasteiger partial charge in [0, 0.05) is 17.5 Å². The van der Waals surface area contributed by atoms with Crippen LogP contribution in [0, 0.1) is 12.7 Å². The van der Waals surface area contributed by atoms with E-state index in [-0.39, 0.29) is 12.4 Å².